The third-order valence-electron chi connectivity index (χ3n) is 8.71. The molecule has 5 heteroatoms. The number of aliphatic carboxylic acids is 1. The molecule has 2 fully saturated rings. The zero-order valence-electron chi connectivity index (χ0n) is 21.1. The highest BCUT2D eigenvalue weighted by molar-refractivity contribution is 5.73. The molecule has 2 aliphatic rings. The van der Waals surface area contributed by atoms with E-state index in [0.29, 0.717) is 30.1 Å². The van der Waals surface area contributed by atoms with Gasteiger partial charge in [-0.25, -0.2) is 0 Å². The molecule has 0 radical (unpaired) electrons. The smallest absolute Gasteiger partial charge is 0.309 e. The maximum Gasteiger partial charge on any atom is 0.309 e. The third-order valence-corrected chi connectivity index (χ3v) is 8.71. The van der Waals surface area contributed by atoms with E-state index in [-0.39, 0.29) is 24.2 Å². The van der Waals surface area contributed by atoms with Crippen LogP contribution in [0.2, 0.25) is 0 Å². The highest BCUT2D eigenvalue weighted by atomic mass is 16.4. The zero-order valence-corrected chi connectivity index (χ0v) is 21.1. The molecular weight excluding hydrogens is 404 g/mol. The molecule has 0 saturated heterocycles. The van der Waals surface area contributed by atoms with Crippen molar-refractivity contribution in [2.24, 2.45) is 34.5 Å². The molecule has 0 aromatic heterocycles. The molecule has 0 aromatic rings. The van der Waals surface area contributed by atoms with Crippen LogP contribution in [-0.4, -0.2) is 45.2 Å². The van der Waals surface area contributed by atoms with Gasteiger partial charge in [-0.15, -0.1) is 0 Å². The minimum absolute atomic E-state index is 0.0185. The monoisotopic (exact) mass is 454 g/mol. The van der Waals surface area contributed by atoms with Gasteiger partial charge in [-0.3, -0.25) is 4.79 Å². The molecular formula is C27H50O5. The Bertz CT molecular complexity index is 572. The first-order valence-electron chi connectivity index (χ1n) is 13.2. The lowest BCUT2D eigenvalue weighted by molar-refractivity contribution is -0.147. The van der Waals surface area contributed by atoms with Crippen LogP contribution in [0.5, 0.6) is 0 Å². The number of carbonyl (C=O) groups is 1. The maximum absolute atomic E-state index is 11.3. The van der Waals surface area contributed by atoms with Crippen molar-refractivity contribution in [3.63, 3.8) is 0 Å². The predicted molar refractivity (Wildman–Crippen MR) is 128 cm³/mol. The summed E-state index contributed by atoms with van der Waals surface area (Å²) in [4.78, 5) is 11.3. The van der Waals surface area contributed by atoms with E-state index in [1.54, 1.807) is 13.8 Å². The van der Waals surface area contributed by atoms with Crippen LogP contribution in [0.1, 0.15) is 111 Å². The normalized spacial score (nSPS) is 31.3. The molecule has 6 atom stereocenters. The van der Waals surface area contributed by atoms with Gasteiger partial charge in [0.1, 0.15) is 0 Å². The number of aliphatic hydroxyl groups is 3. The number of aliphatic hydroxyl groups excluding tert-OH is 3. The lowest BCUT2D eigenvalue weighted by Gasteiger charge is -2.24. The molecule has 2 aliphatic carbocycles. The van der Waals surface area contributed by atoms with E-state index in [9.17, 15) is 25.2 Å². The fraction of sp³-hybridized carbons (Fsp3) is 0.963. The van der Waals surface area contributed by atoms with Crippen LogP contribution in [0.15, 0.2) is 0 Å². The standard InChI is InChI=1S/C27H50O5/c1-26(2,18-28)16-6-10-21-14-12-19(23(21)29)8-5-9-20-13-15-22(24(20)30)11-7-17-27(3,4)25(31)32/h19-24,28-30H,5-18H2,1-4H3,(H,31,32). The Morgan fingerprint density at radius 2 is 1.09 bits per heavy atom. The molecule has 32 heavy (non-hydrogen) atoms. The first kappa shape index (κ1) is 27.6. The average Bonchev–Trinajstić information content (AvgIpc) is 3.25. The van der Waals surface area contributed by atoms with E-state index >= 15 is 0 Å². The Morgan fingerprint density at radius 1 is 0.719 bits per heavy atom. The summed E-state index contributed by atoms with van der Waals surface area (Å²) in [6, 6.07) is 0. The van der Waals surface area contributed by atoms with Gasteiger partial charge in [0.15, 0.2) is 0 Å². The Balaban J connectivity index is 1.64. The lowest BCUT2D eigenvalue weighted by atomic mass is 9.84. The summed E-state index contributed by atoms with van der Waals surface area (Å²) in [6.07, 6.45) is 12.7. The molecule has 0 aromatic carbocycles. The minimum Gasteiger partial charge on any atom is -0.481 e. The van der Waals surface area contributed by atoms with Crippen molar-refractivity contribution < 1.29 is 25.2 Å². The van der Waals surface area contributed by atoms with Gasteiger partial charge in [0.2, 0.25) is 0 Å². The topological polar surface area (TPSA) is 98.0 Å². The lowest BCUT2D eigenvalue weighted by Crippen LogP contribution is -2.25. The number of hydrogen-bond donors (Lipinski definition) is 4. The summed E-state index contributed by atoms with van der Waals surface area (Å²) in [5.74, 6) is 0.744. The van der Waals surface area contributed by atoms with E-state index in [0.717, 1.165) is 77.0 Å². The Labute approximate surface area is 196 Å². The largest absolute Gasteiger partial charge is 0.481 e. The number of rotatable bonds is 14. The van der Waals surface area contributed by atoms with Crippen molar-refractivity contribution in [1.82, 2.24) is 0 Å². The van der Waals surface area contributed by atoms with Crippen LogP contribution in [-0.2, 0) is 4.79 Å². The minimum atomic E-state index is -0.743. The van der Waals surface area contributed by atoms with Crippen LogP contribution >= 0.6 is 0 Å². The number of carboxylic acid groups (broad SMARTS) is 1. The van der Waals surface area contributed by atoms with Crippen LogP contribution in [0, 0.1) is 34.5 Å². The van der Waals surface area contributed by atoms with E-state index in [4.69, 9.17) is 0 Å². The van der Waals surface area contributed by atoms with Crippen molar-refractivity contribution in [2.45, 2.75) is 123 Å². The molecule has 2 rings (SSSR count). The molecule has 2 saturated carbocycles. The van der Waals surface area contributed by atoms with Gasteiger partial charge in [0.05, 0.1) is 17.6 Å². The average molecular weight is 455 g/mol. The molecule has 0 amide bonds. The second-order valence-corrected chi connectivity index (χ2v) is 12.4. The van der Waals surface area contributed by atoms with Crippen molar-refractivity contribution >= 4 is 5.97 Å². The van der Waals surface area contributed by atoms with Crippen LogP contribution < -0.4 is 0 Å². The van der Waals surface area contributed by atoms with Crippen molar-refractivity contribution in [1.29, 1.82) is 0 Å². The summed E-state index contributed by atoms with van der Waals surface area (Å²) in [7, 11) is 0. The third kappa shape index (κ3) is 7.99. The summed E-state index contributed by atoms with van der Waals surface area (Å²) < 4.78 is 0. The van der Waals surface area contributed by atoms with Gasteiger partial charge >= 0.3 is 5.97 Å². The highest BCUT2D eigenvalue weighted by Crippen LogP contribution is 2.41. The molecule has 0 heterocycles. The summed E-state index contributed by atoms with van der Waals surface area (Å²) in [5.41, 5.74) is -0.701. The molecule has 0 spiro atoms. The van der Waals surface area contributed by atoms with Crippen LogP contribution in [0.3, 0.4) is 0 Å². The fourth-order valence-electron chi connectivity index (χ4n) is 6.05. The predicted octanol–water partition coefficient (Wildman–Crippen LogP) is 5.40. The van der Waals surface area contributed by atoms with Gasteiger partial charge < -0.3 is 20.4 Å². The van der Waals surface area contributed by atoms with Crippen LogP contribution in [0.4, 0.5) is 0 Å². The summed E-state index contributed by atoms with van der Waals surface area (Å²) in [5, 5.41) is 40.2. The first-order chi connectivity index (χ1) is 15.0. The van der Waals surface area contributed by atoms with Gasteiger partial charge in [0, 0.05) is 6.61 Å². The van der Waals surface area contributed by atoms with E-state index < -0.39 is 11.4 Å². The second kappa shape index (κ2) is 12.2. The second-order valence-electron chi connectivity index (χ2n) is 12.4. The van der Waals surface area contributed by atoms with E-state index in [1.807, 2.05) is 0 Å². The molecule has 188 valence electrons. The van der Waals surface area contributed by atoms with E-state index in [1.165, 1.54) is 0 Å². The molecule has 0 aliphatic heterocycles. The van der Waals surface area contributed by atoms with Gasteiger partial charge in [0.25, 0.3) is 0 Å². The molecule has 0 bridgehead atoms. The summed E-state index contributed by atoms with van der Waals surface area (Å²) >= 11 is 0. The highest BCUT2D eigenvalue weighted by Gasteiger charge is 2.37. The van der Waals surface area contributed by atoms with Gasteiger partial charge in [-0.2, -0.15) is 0 Å². The Kier molecular flexibility index (Phi) is 10.5. The number of hydrogen-bond acceptors (Lipinski definition) is 4. The van der Waals surface area contributed by atoms with Gasteiger partial charge in [-0.1, -0.05) is 33.1 Å². The Hall–Kier alpha value is -0.650. The molecule has 4 N–H and O–H groups in total. The fourth-order valence-corrected chi connectivity index (χ4v) is 6.05. The van der Waals surface area contributed by atoms with Crippen LogP contribution in [0.25, 0.3) is 0 Å². The summed E-state index contributed by atoms with van der Waals surface area (Å²) in [6.45, 7) is 7.97. The first-order valence-corrected chi connectivity index (χ1v) is 13.2. The molecule has 5 nitrogen and oxygen atoms in total. The van der Waals surface area contributed by atoms with Crippen molar-refractivity contribution in [3.8, 4) is 0 Å². The van der Waals surface area contributed by atoms with Crippen molar-refractivity contribution in [2.75, 3.05) is 6.61 Å². The maximum atomic E-state index is 11.3. The Morgan fingerprint density at radius 3 is 1.47 bits per heavy atom. The SMILES string of the molecule is CC(C)(CO)CCCC1CCC(CCCC2CCC(CCCC(C)(C)C(=O)O)C2O)C1O. The van der Waals surface area contributed by atoms with Gasteiger partial charge in [-0.05, 0) is 107 Å². The molecule has 6 unspecified atom stereocenters. The van der Waals surface area contributed by atoms with Crippen molar-refractivity contribution in [3.05, 3.63) is 0 Å². The quantitative estimate of drug-likeness (QED) is 0.282. The zero-order chi connectivity index (χ0) is 23.9. The van der Waals surface area contributed by atoms with E-state index in [2.05, 4.69) is 13.8 Å². The number of carboxylic acids is 1.